The van der Waals surface area contributed by atoms with Gasteiger partial charge >= 0.3 is 30.0 Å². The van der Waals surface area contributed by atoms with Crippen LogP contribution >= 0.6 is 0 Å². The molecule has 370 valence electrons. The monoisotopic (exact) mass is 923 g/mol. The van der Waals surface area contributed by atoms with Crippen LogP contribution in [0.5, 0.6) is 0 Å². The zero-order valence-corrected chi connectivity index (χ0v) is 41.2. The summed E-state index contributed by atoms with van der Waals surface area (Å²) in [6.45, 7) is 16.6. The number of amides is 6. The largest absolute Gasteiger partial charge is 0.464 e. The maximum Gasteiger partial charge on any atom is 0.342 e. The Morgan fingerprint density at radius 1 is 0.561 bits per heavy atom. The molecule has 1 aliphatic rings. The highest BCUT2D eigenvalue weighted by Crippen LogP contribution is 2.21. The van der Waals surface area contributed by atoms with Crippen LogP contribution in [-0.2, 0) is 23.8 Å². The number of nitrogens with one attached hydrogen (secondary N) is 6. The molecule has 15 nitrogen and oxygen atoms in total. The van der Waals surface area contributed by atoms with Crippen molar-refractivity contribution in [3.05, 3.63) is 0 Å². The Bertz CT molecular complexity index is 1680. The van der Waals surface area contributed by atoms with Gasteiger partial charge in [0.2, 0.25) is 0 Å². The van der Waals surface area contributed by atoms with E-state index in [9.17, 15) is 29.1 Å². The fraction of sp³-hybridized carbons (Fsp3) is 0.745. The first-order chi connectivity index (χ1) is 31.6. The van der Waals surface area contributed by atoms with E-state index in [2.05, 4.69) is 87.4 Å². The van der Waals surface area contributed by atoms with E-state index in [1.165, 1.54) is 12.8 Å². The van der Waals surface area contributed by atoms with Crippen molar-refractivity contribution < 1.29 is 43.3 Å². The van der Waals surface area contributed by atoms with Crippen LogP contribution in [0.25, 0.3) is 0 Å². The molecule has 0 saturated heterocycles. The molecule has 0 aromatic heterocycles. The molecule has 7 atom stereocenters. The molecule has 0 bridgehead atoms. The Morgan fingerprint density at radius 2 is 0.985 bits per heavy atom. The van der Waals surface area contributed by atoms with Gasteiger partial charge in [-0.25, -0.2) is 24.0 Å². The van der Waals surface area contributed by atoms with Crippen molar-refractivity contribution in [1.29, 1.82) is 0 Å². The summed E-state index contributed by atoms with van der Waals surface area (Å²) in [5.41, 5.74) is 0. The molecule has 0 radical (unpaired) electrons. The van der Waals surface area contributed by atoms with Crippen LogP contribution in [-0.4, -0.2) is 90.9 Å². The van der Waals surface area contributed by atoms with E-state index in [0.717, 1.165) is 64.2 Å². The Balaban J connectivity index is 3.19. The van der Waals surface area contributed by atoms with Crippen molar-refractivity contribution in [2.24, 2.45) is 17.8 Å². The third-order valence-corrected chi connectivity index (χ3v) is 10.7. The van der Waals surface area contributed by atoms with Crippen molar-refractivity contribution >= 4 is 30.0 Å². The second kappa shape index (κ2) is 36.1. The summed E-state index contributed by atoms with van der Waals surface area (Å²) < 4.78 is 16.4. The molecular weight excluding hydrogens is 841 g/mol. The fourth-order valence-electron chi connectivity index (χ4n) is 7.62. The van der Waals surface area contributed by atoms with E-state index in [1.807, 2.05) is 41.5 Å². The second-order valence-electron chi connectivity index (χ2n) is 18.5. The number of esters is 2. The summed E-state index contributed by atoms with van der Waals surface area (Å²) in [7, 11) is 0. The smallest absolute Gasteiger partial charge is 0.342 e. The van der Waals surface area contributed by atoms with Gasteiger partial charge in [0, 0.05) is 42.5 Å². The molecule has 1 aliphatic carbocycles. The van der Waals surface area contributed by atoms with Crippen LogP contribution in [0.2, 0.25) is 0 Å². The van der Waals surface area contributed by atoms with E-state index < -0.39 is 72.6 Å². The molecule has 66 heavy (non-hydrogen) atoms. The highest BCUT2D eigenvalue weighted by atomic mass is 16.6. The lowest BCUT2D eigenvalue weighted by Gasteiger charge is -2.37. The number of urea groups is 3. The molecule has 1 rings (SSSR count). The average Bonchev–Trinajstić information content (AvgIpc) is 3.23. The molecule has 0 heterocycles. The lowest BCUT2D eigenvalue weighted by atomic mass is 9.87. The van der Waals surface area contributed by atoms with Gasteiger partial charge in [0.1, 0.15) is 18.2 Å². The summed E-state index contributed by atoms with van der Waals surface area (Å²) in [4.78, 5) is 66.9. The molecular formula is C51H82N6O9. The Morgan fingerprint density at radius 3 is 1.47 bits per heavy atom. The van der Waals surface area contributed by atoms with Crippen LogP contribution in [0.3, 0.4) is 0 Å². The number of unbranched alkanes of at least 4 members (excludes halogenated alkanes) is 10. The van der Waals surface area contributed by atoms with Crippen molar-refractivity contribution in [2.75, 3.05) is 13.2 Å². The van der Waals surface area contributed by atoms with Crippen LogP contribution in [0.1, 0.15) is 171 Å². The van der Waals surface area contributed by atoms with Crippen molar-refractivity contribution in [2.45, 2.75) is 214 Å². The first kappa shape index (κ1) is 58.9. The predicted molar refractivity (Wildman–Crippen MR) is 258 cm³/mol. The third-order valence-electron chi connectivity index (χ3n) is 10.7. The van der Waals surface area contributed by atoms with Crippen LogP contribution in [0.15, 0.2) is 0 Å². The number of ether oxygens (including phenoxy) is 3. The summed E-state index contributed by atoms with van der Waals surface area (Å²) in [5.74, 6) is 12.9. The van der Waals surface area contributed by atoms with Gasteiger partial charge in [-0.3, -0.25) is 0 Å². The maximum absolute atomic E-state index is 13.6. The topological polar surface area (TPSA) is 205 Å². The number of rotatable bonds is 30. The van der Waals surface area contributed by atoms with E-state index in [1.54, 1.807) is 0 Å². The van der Waals surface area contributed by atoms with E-state index in [4.69, 9.17) is 20.6 Å². The third kappa shape index (κ3) is 29.4. The molecule has 1 saturated carbocycles. The van der Waals surface area contributed by atoms with Gasteiger partial charge in [-0.15, -0.1) is 6.42 Å². The quantitative estimate of drug-likeness (QED) is 0.0169. The standard InChI is InChI=1S/C51H82N6O9/c1-10-13-16-19-22-25-28-64-46(58)43(31-37(4)5)55-49(61)52-40-34-41(53-50(62)56-44(32-38(6)7)47(59)65-29-26-23-20-17-14-11-2)36-42(35-40)54-51(63)57-45(33-39(8)9)48(60)66-30-27-24-21-18-15-12-3/h1,37-45,47,59H,11-12,14-15,17-18,20-21,23-24,26-27,29-36H2,2-9H3,(H2,52,55,61)(H2,53,56,62)(H2,54,57,63)/t40-,41+,42-,43+,44+,45+,47?/m1/s1. The van der Waals surface area contributed by atoms with Crippen LogP contribution in [0.4, 0.5) is 14.4 Å². The Hall–Kier alpha value is -5.09. The first-order valence-electron chi connectivity index (χ1n) is 24.4. The van der Waals surface area contributed by atoms with Gasteiger partial charge in [0.25, 0.3) is 0 Å². The summed E-state index contributed by atoms with van der Waals surface area (Å²) in [5, 5.41) is 28.3. The van der Waals surface area contributed by atoms with Gasteiger partial charge in [-0.05, 0) is 86.9 Å². The van der Waals surface area contributed by atoms with Crippen LogP contribution < -0.4 is 31.9 Å². The zero-order chi connectivity index (χ0) is 49.1. The number of carbonyl (C=O) groups is 5. The Labute approximate surface area is 396 Å². The van der Waals surface area contributed by atoms with Gasteiger partial charge < -0.3 is 51.2 Å². The number of hydrogen-bond acceptors (Lipinski definition) is 9. The minimum Gasteiger partial charge on any atom is -0.464 e. The van der Waals surface area contributed by atoms with E-state index in [0.29, 0.717) is 25.9 Å². The maximum atomic E-state index is 13.6. The minimum absolute atomic E-state index is 0.00477. The van der Waals surface area contributed by atoms with Gasteiger partial charge in [0.15, 0.2) is 6.29 Å². The lowest BCUT2D eigenvalue weighted by Crippen LogP contribution is -2.59. The first-order valence-corrected chi connectivity index (χ1v) is 24.4. The average molecular weight is 923 g/mol. The molecule has 1 unspecified atom stereocenters. The van der Waals surface area contributed by atoms with E-state index in [-0.39, 0.29) is 43.6 Å². The Kier molecular flexibility index (Phi) is 32.2. The summed E-state index contributed by atoms with van der Waals surface area (Å²) >= 11 is 0. The fourth-order valence-corrected chi connectivity index (χ4v) is 7.62. The molecule has 0 aliphatic heterocycles. The highest BCUT2D eigenvalue weighted by Gasteiger charge is 2.34. The van der Waals surface area contributed by atoms with Crippen molar-refractivity contribution in [3.8, 4) is 48.1 Å². The molecule has 15 heteroatoms. The molecule has 0 aromatic carbocycles. The zero-order valence-electron chi connectivity index (χ0n) is 41.2. The number of aliphatic hydroxyl groups is 1. The number of carbonyl (C=O) groups excluding carboxylic acids is 5. The molecule has 6 amide bonds. The van der Waals surface area contributed by atoms with Gasteiger partial charge in [0.05, 0.1) is 12.6 Å². The minimum atomic E-state index is -1.22. The molecule has 7 N–H and O–H groups in total. The number of hydrogen-bond donors (Lipinski definition) is 7. The lowest BCUT2D eigenvalue weighted by molar-refractivity contribution is -0.146. The normalized spacial score (nSPS) is 17.1. The van der Waals surface area contributed by atoms with Crippen molar-refractivity contribution in [3.63, 3.8) is 0 Å². The summed E-state index contributed by atoms with van der Waals surface area (Å²) in [6, 6.07) is -6.13. The van der Waals surface area contributed by atoms with Gasteiger partial charge in [-0.2, -0.15) is 0 Å². The number of terminal acetylenes is 1. The molecule has 0 aromatic rings. The van der Waals surface area contributed by atoms with E-state index >= 15 is 0 Å². The summed E-state index contributed by atoms with van der Waals surface area (Å²) in [6.07, 6.45) is 20.7. The predicted octanol–water partition coefficient (Wildman–Crippen LogP) is 7.16. The number of aliphatic hydroxyl groups excluding tert-OH is 1. The SMILES string of the molecule is C#CC#CC#CC#COC(=O)[C@H](CC(C)C)NC(=O)N[C@H]1C[C@@H](NC(=O)N[C@@H](CC(C)C)C(=O)OCCCCCCCC)C[C@@H](NC(=O)N[C@@H](CC(C)C)C(O)OCCCCCCCC)C1. The van der Waals surface area contributed by atoms with Crippen molar-refractivity contribution in [1.82, 2.24) is 31.9 Å². The molecule has 1 fully saturated rings. The van der Waals surface area contributed by atoms with Gasteiger partial charge in [-0.1, -0.05) is 120 Å². The highest BCUT2D eigenvalue weighted by molar-refractivity contribution is 5.85. The van der Waals surface area contributed by atoms with Crippen LogP contribution in [0, 0.1) is 65.8 Å². The second-order valence-corrected chi connectivity index (χ2v) is 18.5. The molecule has 0 spiro atoms.